The molecule has 17 heavy (non-hydrogen) atoms. The van der Waals surface area contributed by atoms with Gasteiger partial charge in [0.15, 0.2) is 0 Å². The first kappa shape index (κ1) is 12.4. The van der Waals surface area contributed by atoms with Crippen molar-refractivity contribution in [2.75, 3.05) is 7.11 Å². The third kappa shape index (κ3) is 2.81. The fourth-order valence-electron chi connectivity index (χ4n) is 2.79. The Labute approximate surface area is 104 Å². The van der Waals surface area contributed by atoms with E-state index in [1.165, 1.54) is 24.8 Å². The van der Waals surface area contributed by atoms with Crippen molar-refractivity contribution in [2.24, 2.45) is 5.92 Å². The third-order valence-electron chi connectivity index (χ3n) is 3.80. The Morgan fingerprint density at radius 3 is 2.59 bits per heavy atom. The van der Waals surface area contributed by atoms with Crippen molar-refractivity contribution in [2.45, 2.75) is 45.1 Å². The van der Waals surface area contributed by atoms with E-state index < -0.39 is 0 Å². The van der Waals surface area contributed by atoms with Gasteiger partial charge in [-0.15, -0.1) is 0 Å². The van der Waals surface area contributed by atoms with E-state index in [9.17, 15) is 5.11 Å². The monoisotopic (exact) mass is 234 g/mol. The van der Waals surface area contributed by atoms with E-state index in [2.05, 4.69) is 13.0 Å². The number of aliphatic hydroxyl groups excluding tert-OH is 1. The minimum Gasteiger partial charge on any atom is -0.496 e. The number of hydrogen-bond donors (Lipinski definition) is 1. The van der Waals surface area contributed by atoms with Crippen molar-refractivity contribution >= 4 is 0 Å². The lowest BCUT2D eigenvalue weighted by Crippen LogP contribution is -2.16. The molecule has 1 aliphatic carbocycles. The Bertz CT molecular complexity index is 367. The van der Waals surface area contributed by atoms with E-state index in [0.29, 0.717) is 5.92 Å². The molecule has 1 N–H and O–H groups in total. The quantitative estimate of drug-likeness (QED) is 0.865. The summed E-state index contributed by atoms with van der Waals surface area (Å²) in [5, 5.41) is 10.5. The molecule has 0 saturated heterocycles. The van der Waals surface area contributed by atoms with Crippen molar-refractivity contribution < 1.29 is 9.84 Å². The maximum atomic E-state index is 10.5. The largest absolute Gasteiger partial charge is 0.496 e. The Morgan fingerprint density at radius 1 is 1.24 bits per heavy atom. The van der Waals surface area contributed by atoms with Gasteiger partial charge in [0.25, 0.3) is 0 Å². The normalized spacial score (nSPS) is 19.0. The minimum atomic E-state index is -0.370. The Morgan fingerprint density at radius 2 is 1.94 bits per heavy atom. The molecule has 1 saturated carbocycles. The van der Waals surface area contributed by atoms with Crippen molar-refractivity contribution in [3.05, 3.63) is 29.3 Å². The molecule has 0 spiro atoms. The third-order valence-corrected chi connectivity index (χ3v) is 3.80. The molecule has 1 aliphatic rings. The van der Waals surface area contributed by atoms with Gasteiger partial charge in [-0.2, -0.15) is 0 Å². The summed E-state index contributed by atoms with van der Waals surface area (Å²) in [5.41, 5.74) is 2.13. The van der Waals surface area contributed by atoms with Crippen LogP contribution >= 0.6 is 0 Å². The topological polar surface area (TPSA) is 29.5 Å². The first-order valence-electron chi connectivity index (χ1n) is 6.55. The first-order chi connectivity index (χ1) is 8.22. The molecule has 0 amide bonds. The highest BCUT2D eigenvalue weighted by atomic mass is 16.5. The fraction of sp³-hybridized carbons (Fsp3) is 0.600. The van der Waals surface area contributed by atoms with E-state index in [-0.39, 0.29) is 6.10 Å². The predicted molar refractivity (Wildman–Crippen MR) is 69.3 cm³/mol. The first-order valence-corrected chi connectivity index (χ1v) is 6.55. The number of hydrogen-bond acceptors (Lipinski definition) is 2. The van der Waals surface area contributed by atoms with Crippen LogP contribution in [0.4, 0.5) is 0 Å². The van der Waals surface area contributed by atoms with Gasteiger partial charge in [-0.3, -0.25) is 0 Å². The molecular weight excluding hydrogens is 212 g/mol. The van der Waals surface area contributed by atoms with Crippen LogP contribution in [0.25, 0.3) is 0 Å². The van der Waals surface area contributed by atoms with Gasteiger partial charge in [0.05, 0.1) is 13.2 Å². The van der Waals surface area contributed by atoms with Crippen LogP contribution in [0.3, 0.4) is 0 Å². The molecule has 1 unspecified atom stereocenters. The lowest BCUT2D eigenvalue weighted by molar-refractivity contribution is 0.0824. The second kappa shape index (κ2) is 5.54. The smallest absolute Gasteiger partial charge is 0.124 e. The van der Waals surface area contributed by atoms with Gasteiger partial charge in [0.2, 0.25) is 0 Å². The maximum Gasteiger partial charge on any atom is 0.124 e. The molecule has 0 aliphatic heterocycles. The maximum absolute atomic E-state index is 10.5. The molecule has 1 aromatic carbocycles. The van der Waals surface area contributed by atoms with Gasteiger partial charge < -0.3 is 9.84 Å². The number of aryl methyl sites for hydroxylation is 1. The molecule has 0 aromatic heterocycles. The van der Waals surface area contributed by atoms with Crippen LogP contribution in [0, 0.1) is 12.8 Å². The minimum absolute atomic E-state index is 0.370. The van der Waals surface area contributed by atoms with Crippen LogP contribution in [-0.4, -0.2) is 12.2 Å². The Hall–Kier alpha value is -1.02. The molecule has 0 radical (unpaired) electrons. The summed E-state index contributed by atoms with van der Waals surface area (Å²) < 4.78 is 5.35. The standard InChI is InChI=1S/C15H22O2/c1-11-8-9-14(17-2)13(10-11)15(16)12-6-4-3-5-7-12/h8-10,12,15-16H,3-7H2,1-2H3. The lowest BCUT2D eigenvalue weighted by atomic mass is 9.82. The van der Waals surface area contributed by atoms with E-state index >= 15 is 0 Å². The van der Waals surface area contributed by atoms with Gasteiger partial charge in [0, 0.05) is 5.56 Å². The fourth-order valence-corrected chi connectivity index (χ4v) is 2.79. The lowest BCUT2D eigenvalue weighted by Gasteiger charge is -2.27. The zero-order chi connectivity index (χ0) is 12.3. The molecular formula is C15H22O2. The Kier molecular flexibility index (Phi) is 4.06. The molecule has 1 atom stereocenters. The van der Waals surface area contributed by atoms with Gasteiger partial charge in [-0.25, -0.2) is 0 Å². The van der Waals surface area contributed by atoms with E-state index in [1.54, 1.807) is 7.11 Å². The summed E-state index contributed by atoms with van der Waals surface area (Å²) in [6.07, 6.45) is 5.71. The number of aliphatic hydroxyl groups is 1. The number of ether oxygens (including phenoxy) is 1. The molecule has 0 heterocycles. The van der Waals surface area contributed by atoms with E-state index in [1.807, 2.05) is 12.1 Å². The zero-order valence-corrected chi connectivity index (χ0v) is 10.8. The number of benzene rings is 1. The molecule has 2 heteroatoms. The van der Waals surface area contributed by atoms with Gasteiger partial charge in [0.1, 0.15) is 5.75 Å². The molecule has 2 rings (SSSR count). The summed E-state index contributed by atoms with van der Waals surface area (Å²) in [7, 11) is 1.67. The van der Waals surface area contributed by atoms with Gasteiger partial charge in [-0.1, -0.05) is 30.9 Å². The molecule has 2 nitrogen and oxygen atoms in total. The van der Waals surface area contributed by atoms with E-state index in [0.717, 1.165) is 24.2 Å². The SMILES string of the molecule is COc1ccc(C)cc1C(O)C1CCCCC1. The highest BCUT2D eigenvalue weighted by Gasteiger charge is 2.25. The highest BCUT2D eigenvalue weighted by molar-refractivity contribution is 5.38. The zero-order valence-electron chi connectivity index (χ0n) is 10.8. The van der Waals surface area contributed by atoms with Crippen molar-refractivity contribution in [1.82, 2.24) is 0 Å². The number of methoxy groups -OCH3 is 1. The van der Waals surface area contributed by atoms with E-state index in [4.69, 9.17) is 4.74 Å². The van der Waals surface area contributed by atoms with Crippen molar-refractivity contribution in [1.29, 1.82) is 0 Å². The molecule has 0 bridgehead atoms. The summed E-state index contributed by atoms with van der Waals surface area (Å²) >= 11 is 0. The van der Waals surface area contributed by atoms with Crippen LogP contribution in [0.5, 0.6) is 5.75 Å². The predicted octanol–water partition coefficient (Wildman–Crippen LogP) is 3.62. The average Bonchev–Trinajstić information content (AvgIpc) is 2.39. The highest BCUT2D eigenvalue weighted by Crippen LogP contribution is 2.38. The molecule has 1 fully saturated rings. The molecule has 1 aromatic rings. The van der Waals surface area contributed by atoms with Gasteiger partial charge >= 0.3 is 0 Å². The second-order valence-corrected chi connectivity index (χ2v) is 5.09. The van der Waals surface area contributed by atoms with Crippen LogP contribution < -0.4 is 4.74 Å². The summed E-state index contributed by atoms with van der Waals surface area (Å²) in [6, 6.07) is 6.03. The number of rotatable bonds is 3. The van der Waals surface area contributed by atoms with Gasteiger partial charge in [-0.05, 0) is 37.8 Å². The van der Waals surface area contributed by atoms with Crippen LogP contribution in [-0.2, 0) is 0 Å². The summed E-state index contributed by atoms with van der Waals surface area (Å²) in [5.74, 6) is 1.22. The second-order valence-electron chi connectivity index (χ2n) is 5.09. The molecule has 94 valence electrons. The summed E-state index contributed by atoms with van der Waals surface area (Å²) in [6.45, 7) is 2.05. The van der Waals surface area contributed by atoms with Crippen LogP contribution in [0.1, 0.15) is 49.3 Å². The van der Waals surface area contributed by atoms with Crippen LogP contribution in [0.15, 0.2) is 18.2 Å². The van der Waals surface area contributed by atoms with Crippen molar-refractivity contribution in [3.63, 3.8) is 0 Å². The van der Waals surface area contributed by atoms with Crippen LogP contribution in [0.2, 0.25) is 0 Å². The Balaban J connectivity index is 2.21. The average molecular weight is 234 g/mol. The van der Waals surface area contributed by atoms with Crippen molar-refractivity contribution in [3.8, 4) is 5.75 Å². The summed E-state index contributed by atoms with van der Waals surface area (Å²) in [4.78, 5) is 0.